The Balaban J connectivity index is 2.22. The van der Waals surface area contributed by atoms with Gasteiger partial charge in [-0.3, -0.25) is 0 Å². The summed E-state index contributed by atoms with van der Waals surface area (Å²) in [7, 11) is 0. The summed E-state index contributed by atoms with van der Waals surface area (Å²) >= 11 is 13.2. The second kappa shape index (κ2) is 6.78. The Labute approximate surface area is 135 Å². The van der Waals surface area contributed by atoms with E-state index in [2.05, 4.69) is 44.0 Å². The van der Waals surface area contributed by atoms with Gasteiger partial charge in [0.05, 0.1) is 16.5 Å². The number of rotatable bonds is 4. The van der Waals surface area contributed by atoms with Crippen molar-refractivity contribution >= 4 is 43.5 Å². The summed E-state index contributed by atoms with van der Waals surface area (Å²) in [4.78, 5) is 0.119. The SMILES string of the molecule is CCOc1ccc(C(Br)c2ccc(Br)c(Cl)c2)cc1. The zero-order valence-electron chi connectivity index (χ0n) is 10.4. The van der Waals surface area contributed by atoms with Gasteiger partial charge in [-0.1, -0.05) is 45.7 Å². The van der Waals surface area contributed by atoms with Crippen molar-refractivity contribution in [2.24, 2.45) is 0 Å². The lowest BCUT2D eigenvalue weighted by atomic mass is 10.0. The normalized spacial score (nSPS) is 12.2. The minimum atomic E-state index is 0.119. The molecule has 0 fully saturated rings. The van der Waals surface area contributed by atoms with Crippen molar-refractivity contribution in [3.8, 4) is 5.75 Å². The maximum Gasteiger partial charge on any atom is 0.119 e. The summed E-state index contributed by atoms with van der Waals surface area (Å²) in [5.41, 5.74) is 2.29. The third-order valence-corrected chi connectivity index (χ3v) is 5.01. The smallest absolute Gasteiger partial charge is 0.119 e. The summed E-state index contributed by atoms with van der Waals surface area (Å²) < 4.78 is 6.35. The molecular formula is C15H13Br2ClO. The number of benzene rings is 2. The first-order valence-electron chi connectivity index (χ1n) is 5.93. The monoisotopic (exact) mass is 402 g/mol. The summed E-state index contributed by atoms with van der Waals surface area (Å²) in [5.74, 6) is 0.889. The Morgan fingerprint density at radius 2 is 1.74 bits per heavy atom. The van der Waals surface area contributed by atoms with Gasteiger partial charge in [0.25, 0.3) is 0 Å². The number of hydrogen-bond donors (Lipinski definition) is 0. The van der Waals surface area contributed by atoms with Gasteiger partial charge in [0, 0.05) is 4.47 Å². The molecule has 0 radical (unpaired) electrons. The van der Waals surface area contributed by atoms with E-state index in [1.54, 1.807) is 0 Å². The van der Waals surface area contributed by atoms with Crippen LogP contribution in [0.2, 0.25) is 5.02 Å². The van der Waals surface area contributed by atoms with Gasteiger partial charge in [-0.05, 0) is 58.2 Å². The van der Waals surface area contributed by atoms with Gasteiger partial charge in [0.2, 0.25) is 0 Å². The van der Waals surface area contributed by atoms with Crippen molar-refractivity contribution in [2.75, 3.05) is 6.61 Å². The van der Waals surface area contributed by atoms with Gasteiger partial charge >= 0.3 is 0 Å². The molecule has 100 valence electrons. The molecule has 0 saturated carbocycles. The van der Waals surface area contributed by atoms with E-state index < -0.39 is 0 Å². The quantitative estimate of drug-likeness (QED) is 0.569. The fraction of sp³-hybridized carbons (Fsp3) is 0.200. The van der Waals surface area contributed by atoms with Gasteiger partial charge in [-0.2, -0.15) is 0 Å². The van der Waals surface area contributed by atoms with E-state index in [0.29, 0.717) is 11.6 Å². The highest BCUT2D eigenvalue weighted by Crippen LogP contribution is 2.34. The third-order valence-electron chi connectivity index (χ3n) is 2.72. The molecule has 0 heterocycles. The van der Waals surface area contributed by atoms with Crippen LogP contribution in [0.25, 0.3) is 0 Å². The standard InChI is InChI=1S/C15H13Br2ClO/c1-2-19-12-6-3-10(4-7-12)15(17)11-5-8-13(16)14(18)9-11/h3-9,15H,2H2,1H3. The summed E-state index contributed by atoms with van der Waals surface area (Å²) in [6.07, 6.45) is 0. The third kappa shape index (κ3) is 3.74. The molecule has 0 spiro atoms. The van der Waals surface area contributed by atoms with E-state index in [9.17, 15) is 0 Å². The molecule has 2 aromatic rings. The molecule has 0 aromatic heterocycles. The molecule has 0 saturated heterocycles. The molecule has 1 atom stereocenters. The zero-order chi connectivity index (χ0) is 13.8. The predicted molar refractivity (Wildman–Crippen MR) is 87.5 cm³/mol. The summed E-state index contributed by atoms with van der Waals surface area (Å²) in [6, 6.07) is 14.0. The fourth-order valence-electron chi connectivity index (χ4n) is 1.76. The number of ether oxygens (including phenoxy) is 1. The van der Waals surface area contributed by atoms with Crippen LogP contribution in [0, 0.1) is 0 Å². The van der Waals surface area contributed by atoms with Crippen molar-refractivity contribution in [1.82, 2.24) is 0 Å². The van der Waals surface area contributed by atoms with E-state index in [1.165, 1.54) is 5.56 Å². The Morgan fingerprint density at radius 1 is 1.11 bits per heavy atom. The molecular weight excluding hydrogens is 391 g/mol. The van der Waals surface area contributed by atoms with Gasteiger partial charge in [0.15, 0.2) is 0 Å². The van der Waals surface area contributed by atoms with E-state index in [4.69, 9.17) is 16.3 Å². The topological polar surface area (TPSA) is 9.23 Å². The molecule has 2 rings (SSSR count). The molecule has 0 aliphatic rings. The molecule has 0 aliphatic heterocycles. The lowest BCUT2D eigenvalue weighted by Crippen LogP contribution is -1.95. The lowest BCUT2D eigenvalue weighted by molar-refractivity contribution is 0.340. The molecule has 0 N–H and O–H groups in total. The fourth-order valence-corrected chi connectivity index (χ4v) is 2.79. The van der Waals surface area contributed by atoms with E-state index in [0.717, 1.165) is 15.8 Å². The molecule has 4 heteroatoms. The second-order valence-electron chi connectivity index (χ2n) is 4.04. The predicted octanol–water partition coefficient (Wildman–Crippen LogP) is 5.99. The maximum atomic E-state index is 6.12. The Hall–Kier alpha value is -0.510. The van der Waals surface area contributed by atoms with Crippen LogP contribution >= 0.6 is 43.5 Å². The molecule has 2 aromatic carbocycles. The van der Waals surface area contributed by atoms with Gasteiger partial charge in [-0.15, -0.1) is 0 Å². The van der Waals surface area contributed by atoms with E-state index in [1.807, 2.05) is 37.3 Å². The van der Waals surface area contributed by atoms with E-state index >= 15 is 0 Å². The van der Waals surface area contributed by atoms with Crippen molar-refractivity contribution in [1.29, 1.82) is 0 Å². The van der Waals surface area contributed by atoms with Crippen LogP contribution in [0.1, 0.15) is 22.9 Å². The van der Waals surface area contributed by atoms with Crippen LogP contribution in [0.15, 0.2) is 46.9 Å². The molecule has 0 amide bonds. The van der Waals surface area contributed by atoms with Crippen molar-refractivity contribution in [2.45, 2.75) is 11.8 Å². The van der Waals surface area contributed by atoms with Crippen LogP contribution in [0.3, 0.4) is 0 Å². The summed E-state index contributed by atoms with van der Waals surface area (Å²) in [6.45, 7) is 2.66. The first-order chi connectivity index (χ1) is 9.11. The first-order valence-corrected chi connectivity index (χ1v) is 8.02. The van der Waals surface area contributed by atoms with Gasteiger partial charge in [0.1, 0.15) is 5.75 Å². The minimum Gasteiger partial charge on any atom is -0.494 e. The number of halogens is 3. The Morgan fingerprint density at radius 3 is 2.32 bits per heavy atom. The average molecular weight is 405 g/mol. The number of alkyl halides is 1. The van der Waals surface area contributed by atoms with Crippen LogP contribution in [-0.4, -0.2) is 6.61 Å². The maximum absolute atomic E-state index is 6.12. The minimum absolute atomic E-state index is 0.119. The first kappa shape index (κ1) is 14.9. The molecule has 19 heavy (non-hydrogen) atoms. The second-order valence-corrected chi connectivity index (χ2v) is 6.22. The largest absolute Gasteiger partial charge is 0.494 e. The lowest BCUT2D eigenvalue weighted by Gasteiger charge is -2.12. The number of hydrogen-bond acceptors (Lipinski definition) is 1. The van der Waals surface area contributed by atoms with Crippen LogP contribution in [-0.2, 0) is 0 Å². The van der Waals surface area contributed by atoms with Crippen molar-refractivity contribution in [3.63, 3.8) is 0 Å². The van der Waals surface area contributed by atoms with Crippen LogP contribution < -0.4 is 4.74 Å². The van der Waals surface area contributed by atoms with Crippen LogP contribution in [0.4, 0.5) is 0 Å². The van der Waals surface area contributed by atoms with Crippen molar-refractivity contribution < 1.29 is 4.74 Å². The molecule has 1 unspecified atom stereocenters. The van der Waals surface area contributed by atoms with Crippen molar-refractivity contribution in [3.05, 3.63) is 63.1 Å². The highest BCUT2D eigenvalue weighted by molar-refractivity contribution is 9.10. The highest BCUT2D eigenvalue weighted by atomic mass is 79.9. The molecule has 0 bridgehead atoms. The molecule has 1 nitrogen and oxygen atoms in total. The zero-order valence-corrected chi connectivity index (χ0v) is 14.3. The Bertz CT molecular complexity index is 555. The van der Waals surface area contributed by atoms with E-state index in [-0.39, 0.29) is 4.83 Å². The molecule has 0 aliphatic carbocycles. The van der Waals surface area contributed by atoms with Gasteiger partial charge < -0.3 is 4.74 Å². The highest BCUT2D eigenvalue weighted by Gasteiger charge is 2.11. The van der Waals surface area contributed by atoms with Crippen LogP contribution in [0.5, 0.6) is 5.75 Å². The average Bonchev–Trinajstić information content (AvgIpc) is 2.42. The van der Waals surface area contributed by atoms with Gasteiger partial charge in [-0.25, -0.2) is 0 Å². The Kier molecular flexibility index (Phi) is 5.31. The summed E-state index contributed by atoms with van der Waals surface area (Å²) in [5, 5.41) is 0.716.